The van der Waals surface area contributed by atoms with E-state index in [-0.39, 0.29) is 47.0 Å². The number of nitrogens with one attached hydrogen (secondary N) is 1. The van der Waals surface area contributed by atoms with Gasteiger partial charge < -0.3 is 15.0 Å². The molecule has 1 saturated carbocycles. The van der Waals surface area contributed by atoms with Gasteiger partial charge in [-0.25, -0.2) is 13.2 Å². The fraction of sp³-hybridized carbons (Fsp3) is 0.611. The van der Waals surface area contributed by atoms with E-state index in [9.17, 15) is 22.8 Å². The van der Waals surface area contributed by atoms with Gasteiger partial charge in [-0.2, -0.15) is 4.31 Å². The van der Waals surface area contributed by atoms with Crippen LogP contribution in [0.1, 0.15) is 30.1 Å². The van der Waals surface area contributed by atoms with Gasteiger partial charge in [0.1, 0.15) is 4.21 Å². The zero-order chi connectivity index (χ0) is 21.2. The number of carbonyl (C=O) groups is 3. The second kappa shape index (κ2) is 8.80. The molecule has 29 heavy (non-hydrogen) atoms. The molecule has 9 nitrogen and oxygen atoms in total. The number of piperazine rings is 1. The van der Waals surface area contributed by atoms with Crippen molar-refractivity contribution in [3.05, 3.63) is 17.0 Å². The number of hydrogen-bond acceptors (Lipinski definition) is 7. The number of thiophene rings is 1. The number of sulfonamides is 1. The van der Waals surface area contributed by atoms with Gasteiger partial charge in [0.15, 0.2) is 0 Å². The third-order valence-corrected chi connectivity index (χ3v) is 8.58. The van der Waals surface area contributed by atoms with Crippen molar-refractivity contribution in [3.63, 3.8) is 0 Å². The summed E-state index contributed by atoms with van der Waals surface area (Å²) in [6.45, 7) is 3.28. The van der Waals surface area contributed by atoms with E-state index in [0.717, 1.165) is 17.8 Å². The third-order valence-electron chi connectivity index (χ3n) is 5.27. The fourth-order valence-electron chi connectivity index (χ4n) is 3.25. The van der Waals surface area contributed by atoms with Crippen molar-refractivity contribution >= 4 is 39.1 Å². The Morgan fingerprint density at radius 1 is 1.24 bits per heavy atom. The van der Waals surface area contributed by atoms with E-state index in [0.29, 0.717) is 25.6 Å². The van der Waals surface area contributed by atoms with Crippen LogP contribution in [-0.2, 0) is 24.3 Å². The lowest BCUT2D eigenvalue weighted by molar-refractivity contribution is -0.132. The molecule has 2 amide bonds. The zero-order valence-corrected chi connectivity index (χ0v) is 18.1. The number of esters is 1. The van der Waals surface area contributed by atoms with E-state index in [2.05, 4.69) is 10.1 Å². The molecular weight excluding hydrogens is 418 g/mol. The predicted molar refractivity (Wildman–Crippen MR) is 106 cm³/mol. The lowest BCUT2D eigenvalue weighted by atomic mass is 10.3. The molecule has 2 aliphatic rings. The minimum absolute atomic E-state index is 0.00323. The SMILES string of the molecule is COC(=O)c1csc(S(=O)(=O)N2CCN(C(=O)CCNC(=O)C3CC3C)CC2)c1. The third kappa shape index (κ3) is 4.96. The minimum Gasteiger partial charge on any atom is -0.465 e. The molecule has 2 fully saturated rings. The fourth-order valence-corrected chi connectivity index (χ4v) is 5.97. The number of amides is 2. The first-order valence-corrected chi connectivity index (χ1v) is 11.8. The van der Waals surface area contributed by atoms with Crippen molar-refractivity contribution in [2.24, 2.45) is 11.8 Å². The van der Waals surface area contributed by atoms with Crippen molar-refractivity contribution in [2.75, 3.05) is 39.8 Å². The van der Waals surface area contributed by atoms with Crippen LogP contribution < -0.4 is 5.32 Å². The monoisotopic (exact) mass is 443 g/mol. The smallest absolute Gasteiger partial charge is 0.338 e. The van der Waals surface area contributed by atoms with Gasteiger partial charge in [-0.3, -0.25) is 9.59 Å². The van der Waals surface area contributed by atoms with Gasteiger partial charge in [-0.15, -0.1) is 11.3 Å². The van der Waals surface area contributed by atoms with Crippen LogP contribution in [0.4, 0.5) is 0 Å². The lowest BCUT2D eigenvalue weighted by Gasteiger charge is -2.33. The van der Waals surface area contributed by atoms with Crippen molar-refractivity contribution in [1.29, 1.82) is 0 Å². The van der Waals surface area contributed by atoms with E-state index in [1.165, 1.54) is 22.9 Å². The highest BCUT2D eigenvalue weighted by molar-refractivity contribution is 7.91. The summed E-state index contributed by atoms with van der Waals surface area (Å²) in [5.74, 6) is -0.177. The average Bonchev–Trinajstić information content (AvgIpc) is 3.23. The molecule has 2 atom stereocenters. The Kier molecular flexibility index (Phi) is 6.59. The second-order valence-electron chi connectivity index (χ2n) is 7.29. The van der Waals surface area contributed by atoms with Crippen molar-refractivity contribution in [2.45, 2.75) is 24.0 Å². The van der Waals surface area contributed by atoms with Gasteiger partial charge in [0.2, 0.25) is 11.8 Å². The second-order valence-corrected chi connectivity index (χ2v) is 10.4. The largest absolute Gasteiger partial charge is 0.465 e. The van der Waals surface area contributed by atoms with E-state index in [1.807, 2.05) is 6.92 Å². The molecule has 1 aliphatic heterocycles. The van der Waals surface area contributed by atoms with Gasteiger partial charge >= 0.3 is 5.97 Å². The summed E-state index contributed by atoms with van der Waals surface area (Å²) in [7, 11) is -2.48. The summed E-state index contributed by atoms with van der Waals surface area (Å²) >= 11 is 0.971. The Bertz CT molecular complexity index is 889. The number of hydrogen-bond donors (Lipinski definition) is 1. The standard InChI is InChI=1S/C18H25N3O6S2/c1-12-9-14(12)17(23)19-4-3-15(22)20-5-7-21(8-6-20)29(25,26)16-10-13(11-28-16)18(24)27-2/h10-12,14H,3-9H2,1-2H3,(H,19,23). The Morgan fingerprint density at radius 2 is 1.90 bits per heavy atom. The molecule has 0 bridgehead atoms. The molecule has 160 valence electrons. The van der Waals surface area contributed by atoms with E-state index in [1.54, 1.807) is 4.90 Å². The maximum absolute atomic E-state index is 12.8. The number of carbonyl (C=O) groups excluding carboxylic acids is 3. The topological polar surface area (TPSA) is 113 Å². The Labute approximate surface area is 174 Å². The van der Waals surface area contributed by atoms with Crippen LogP contribution in [-0.4, -0.2) is 75.2 Å². The molecule has 3 rings (SSSR count). The van der Waals surface area contributed by atoms with Crippen LogP contribution in [0, 0.1) is 11.8 Å². The van der Waals surface area contributed by atoms with E-state index < -0.39 is 16.0 Å². The van der Waals surface area contributed by atoms with Crippen LogP contribution in [0.3, 0.4) is 0 Å². The predicted octanol–water partition coefficient (Wildman–Crippen LogP) is 0.530. The Morgan fingerprint density at radius 3 is 2.48 bits per heavy atom. The molecule has 1 N–H and O–H groups in total. The van der Waals surface area contributed by atoms with Gasteiger partial charge in [-0.05, 0) is 18.4 Å². The van der Waals surface area contributed by atoms with Gasteiger partial charge in [0, 0.05) is 50.4 Å². The molecule has 1 aromatic rings. The minimum atomic E-state index is -3.72. The Balaban J connectivity index is 1.47. The van der Waals surface area contributed by atoms with Gasteiger partial charge in [-0.1, -0.05) is 6.92 Å². The Hall–Kier alpha value is -1.98. The average molecular weight is 444 g/mol. The normalized spacial score (nSPS) is 22.2. The first kappa shape index (κ1) is 21.7. The number of methoxy groups -OCH3 is 1. The number of rotatable bonds is 7. The molecule has 2 heterocycles. The lowest BCUT2D eigenvalue weighted by Crippen LogP contribution is -2.50. The molecular formula is C18H25N3O6S2. The molecule has 1 saturated heterocycles. The van der Waals surface area contributed by atoms with E-state index in [4.69, 9.17) is 0 Å². The van der Waals surface area contributed by atoms with Crippen molar-refractivity contribution in [3.8, 4) is 0 Å². The zero-order valence-electron chi connectivity index (χ0n) is 16.4. The molecule has 0 radical (unpaired) electrons. The highest BCUT2D eigenvalue weighted by atomic mass is 32.2. The summed E-state index contributed by atoms with van der Waals surface area (Å²) < 4.78 is 31.5. The molecule has 2 unspecified atom stereocenters. The molecule has 1 aliphatic carbocycles. The van der Waals surface area contributed by atoms with Crippen molar-refractivity contribution < 1.29 is 27.5 Å². The van der Waals surface area contributed by atoms with Gasteiger partial charge in [0.25, 0.3) is 10.0 Å². The number of nitrogens with zero attached hydrogens (tertiary/aromatic N) is 2. The molecule has 1 aromatic heterocycles. The van der Waals surface area contributed by atoms with Crippen LogP contribution in [0.15, 0.2) is 15.7 Å². The van der Waals surface area contributed by atoms with Crippen LogP contribution in [0.2, 0.25) is 0 Å². The summed E-state index contributed by atoms with van der Waals surface area (Å²) in [6.07, 6.45) is 1.11. The molecule has 0 spiro atoms. The van der Waals surface area contributed by atoms with Gasteiger partial charge in [0.05, 0.1) is 12.7 Å². The highest BCUT2D eigenvalue weighted by Gasteiger charge is 2.39. The van der Waals surface area contributed by atoms with Crippen LogP contribution in [0.25, 0.3) is 0 Å². The van der Waals surface area contributed by atoms with Crippen molar-refractivity contribution in [1.82, 2.24) is 14.5 Å². The van der Waals surface area contributed by atoms with Crippen LogP contribution in [0.5, 0.6) is 0 Å². The highest BCUT2D eigenvalue weighted by Crippen LogP contribution is 2.37. The summed E-state index contributed by atoms with van der Waals surface area (Å²) in [5, 5.41) is 4.24. The van der Waals surface area contributed by atoms with E-state index >= 15 is 0 Å². The molecule has 0 aromatic carbocycles. The first-order chi connectivity index (χ1) is 13.7. The summed E-state index contributed by atoms with van der Waals surface area (Å²) in [4.78, 5) is 37.3. The summed E-state index contributed by atoms with van der Waals surface area (Å²) in [5.41, 5.74) is 0.201. The summed E-state index contributed by atoms with van der Waals surface area (Å²) in [6, 6.07) is 1.31. The molecule has 11 heteroatoms. The first-order valence-electron chi connectivity index (χ1n) is 9.46. The quantitative estimate of drug-likeness (QED) is 0.615. The maximum Gasteiger partial charge on any atom is 0.338 e. The maximum atomic E-state index is 12.8. The number of ether oxygens (including phenoxy) is 1. The van der Waals surface area contributed by atoms with Crippen LogP contribution >= 0.6 is 11.3 Å².